The van der Waals surface area contributed by atoms with Crippen molar-refractivity contribution in [3.63, 3.8) is 0 Å². The fraction of sp³-hybridized carbons (Fsp3) is 0.381. The number of aliphatic hydroxyl groups excluding tert-OH is 1. The van der Waals surface area contributed by atoms with E-state index in [-0.39, 0.29) is 36.1 Å². The summed E-state index contributed by atoms with van der Waals surface area (Å²) < 4.78 is 49.8. The third kappa shape index (κ3) is 4.09. The molecule has 1 aliphatic rings. The molecule has 2 N–H and O–H groups in total. The number of benzene rings is 2. The molecule has 9 heteroatoms. The van der Waals surface area contributed by atoms with Crippen LogP contribution in [0.3, 0.4) is 0 Å². The van der Waals surface area contributed by atoms with Crippen molar-refractivity contribution in [2.24, 2.45) is 4.99 Å². The summed E-state index contributed by atoms with van der Waals surface area (Å²) in [5.74, 6) is -0.147. The maximum Gasteiger partial charge on any atom is 0.299 e. The van der Waals surface area contributed by atoms with Crippen molar-refractivity contribution >= 4 is 29.4 Å². The Bertz CT molecular complexity index is 1030. The molecular formula is C21H24BFN2O4S. The smallest absolute Gasteiger partial charge is 0.299 e. The van der Waals surface area contributed by atoms with Gasteiger partial charge in [0.25, 0.3) is 21.0 Å². The third-order valence-corrected chi connectivity index (χ3v) is 7.09. The van der Waals surface area contributed by atoms with Gasteiger partial charge in [0.1, 0.15) is 7.85 Å². The molecule has 0 bridgehead atoms. The molecule has 3 rings (SSSR count). The largest absolute Gasteiger partial charge is 0.454 e. The van der Waals surface area contributed by atoms with Crippen molar-refractivity contribution in [3.05, 3.63) is 65.7 Å². The first-order valence-electron chi connectivity index (χ1n) is 9.57. The van der Waals surface area contributed by atoms with Crippen molar-refractivity contribution in [3.8, 4) is 0 Å². The highest BCUT2D eigenvalue weighted by molar-refractivity contribution is 7.91. The van der Waals surface area contributed by atoms with Crippen LogP contribution in [0.25, 0.3) is 0 Å². The number of alkyl halides is 1. The second-order valence-electron chi connectivity index (χ2n) is 7.70. The van der Waals surface area contributed by atoms with Crippen LogP contribution in [0.2, 0.25) is 0 Å². The van der Waals surface area contributed by atoms with Crippen LogP contribution < -0.4 is 10.2 Å². The first kappa shape index (κ1) is 22.3. The SMILES string of the molecule is [B]c1cccc(C2(F)C(C)(C)OC(=NCC(CCO)c3ccccc3)NS2(=O)=O)c1. The minimum absolute atomic E-state index is 0.0501. The third-order valence-electron chi connectivity index (χ3n) is 5.18. The summed E-state index contributed by atoms with van der Waals surface area (Å²) in [5, 5.41) is 6.49. The minimum Gasteiger partial charge on any atom is -0.454 e. The maximum atomic E-state index is 16.1. The molecule has 0 amide bonds. The Morgan fingerprint density at radius 1 is 1.20 bits per heavy atom. The molecule has 2 atom stereocenters. The Kier molecular flexibility index (Phi) is 6.24. The van der Waals surface area contributed by atoms with Crippen LogP contribution >= 0.6 is 0 Å². The van der Waals surface area contributed by atoms with E-state index in [0.717, 1.165) is 5.56 Å². The number of ether oxygens (including phenoxy) is 1. The number of hydrogen-bond acceptors (Lipinski definition) is 5. The highest BCUT2D eigenvalue weighted by Crippen LogP contribution is 2.46. The molecule has 2 aromatic carbocycles. The maximum absolute atomic E-state index is 16.1. The van der Waals surface area contributed by atoms with E-state index in [1.807, 2.05) is 30.3 Å². The number of aliphatic hydroxyl groups is 1. The van der Waals surface area contributed by atoms with Gasteiger partial charge in [0, 0.05) is 18.1 Å². The van der Waals surface area contributed by atoms with Gasteiger partial charge in [0.15, 0.2) is 5.60 Å². The summed E-state index contributed by atoms with van der Waals surface area (Å²) >= 11 is 0. The second-order valence-corrected chi connectivity index (χ2v) is 9.48. The van der Waals surface area contributed by atoms with E-state index < -0.39 is 20.6 Å². The lowest BCUT2D eigenvalue weighted by molar-refractivity contribution is -0.0311. The van der Waals surface area contributed by atoms with E-state index in [4.69, 9.17) is 12.6 Å². The van der Waals surface area contributed by atoms with Gasteiger partial charge in [0.2, 0.25) is 0 Å². The van der Waals surface area contributed by atoms with Crippen molar-refractivity contribution in [1.82, 2.24) is 4.72 Å². The van der Waals surface area contributed by atoms with Crippen LogP contribution in [0.5, 0.6) is 0 Å². The number of nitrogens with zero attached hydrogens (tertiary/aromatic N) is 1. The summed E-state index contributed by atoms with van der Waals surface area (Å²) in [7, 11) is 1.17. The van der Waals surface area contributed by atoms with Gasteiger partial charge in [-0.1, -0.05) is 60.1 Å². The molecule has 2 unspecified atom stereocenters. The summed E-state index contributed by atoms with van der Waals surface area (Å²) in [6.45, 7) is 2.82. The number of rotatable bonds is 6. The quantitative estimate of drug-likeness (QED) is 0.685. The van der Waals surface area contributed by atoms with Gasteiger partial charge < -0.3 is 9.84 Å². The summed E-state index contributed by atoms with van der Waals surface area (Å²) in [6.07, 6.45) is 0.438. The monoisotopic (exact) mass is 430 g/mol. The van der Waals surface area contributed by atoms with Crippen LogP contribution in [0, 0.1) is 0 Å². The van der Waals surface area contributed by atoms with Crippen LogP contribution in [0.15, 0.2) is 59.6 Å². The van der Waals surface area contributed by atoms with Gasteiger partial charge in [-0.25, -0.2) is 22.5 Å². The Labute approximate surface area is 177 Å². The summed E-state index contributed by atoms with van der Waals surface area (Å²) in [6, 6.07) is 14.8. The fourth-order valence-corrected chi connectivity index (χ4v) is 5.18. The zero-order valence-electron chi connectivity index (χ0n) is 16.9. The second kappa shape index (κ2) is 8.39. The topological polar surface area (TPSA) is 88.0 Å². The molecule has 0 aliphatic carbocycles. The van der Waals surface area contributed by atoms with E-state index in [1.165, 1.54) is 32.0 Å². The lowest BCUT2D eigenvalue weighted by atomic mass is 9.89. The number of aliphatic imine (C=N–C) groups is 1. The van der Waals surface area contributed by atoms with E-state index in [2.05, 4.69) is 9.71 Å². The van der Waals surface area contributed by atoms with Crippen molar-refractivity contribution in [2.45, 2.75) is 36.8 Å². The Hall–Kier alpha value is -2.39. The van der Waals surface area contributed by atoms with Gasteiger partial charge in [-0.2, -0.15) is 0 Å². The molecule has 158 valence electrons. The zero-order chi connectivity index (χ0) is 22.0. The van der Waals surface area contributed by atoms with Crippen LogP contribution in [-0.2, 0) is 19.8 Å². The van der Waals surface area contributed by atoms with Crippen LogP contribution in [0.1, 0.15) is 37.3 Å². The number of nitrogens with one attached hydrogen (secondary N) is 1. The Morgan fingerprint density at radius 3 is 2.50 bits per heavy atom. The summed E-state index contributed by atoms with van der Waals surface area (Å²) in [4.78, 5) is 4.25. The van der Waals surface area contributed by atoms with Gasteiger partial charge in [0.05, 0.1) is 6.54 Å². The highest BCUT2D eigenvalue weighted by Gasteiger charge is 2.63. The first-order chi connectivity index (χ1) is 14.1. The lowest BCUT2D eigenvalue weighted by Crippen LogP contribution is -2.63. The van der Waals surface area contributed by atoms with Crippen molar-refractivity contribution < 1.29 is 22.7 Å². The first-order valence-corrected chi connectivity index (χ1v) is 11.1. The van der Waals surface area contributed by atoms with Gasteiger partial charge >= 0.3 is 0 Å². The number of halogens is 1. The van der Waals surface area contributed by atoms with E-state index in [9.17, 15) is 13.5 Å². The molecule has 1 aliphatic heterocycles. The standard InChI is InChI=1S/C21H24BFN2O4S/c1-20(2)21(23,17-9-6-10-18(22)13-17)30(27,28)25-19(29-20)24-14-16(11-12-26)15-7-4-3-5-8-15/h3-10,13,16,26H,11-12,14H2,1-2H3,(H,24,25). The van der Waals surface area contributed by atoms with E-state index >= 15 is 4.39 Å². The molecule has 1 saturated heterocycles. The van der Waals surface area contributed by atoms with Crippen molar-refractivity contribution in [1.29, 1.82) is 0 Å². The lowest BCUT2D eigenvalue weighted by Gasteiger charge is -2.43. The predicted molar refractivity (Wildman–Crippen MR) is 115 cm³/mol. The fourth-order valence-electron chi connectivity index (χ4n) is 3.58. The van der Waals surface area contributed by atoms with Crippen molar-refractivity contribution in [2.75, 3.05) is 13.2 Å². The predicted octanol–water partition coefficient (Wildman–Crippen LogP) is 1.85. The number of hydrogen-bond donors (Lipinski definition) is 2. The van der Waals surface area contributed by atoms with Gasteiger partial charge in [-0.15, -0.1) is 0 Å². The summed E-state index contributed by atoms with van der Waals surface area (Å²) in [5.41, 5.74) is -0.706. The van der Waals surface area contributed by atoms with E-state index in [1.54, 1.807) is 6.07 Å². The Morgan fingerprint density at radius 2 is 1.90 bits per heavy atom. The number of sulfonamides is 1. The molecule has 1 heterocycles. The highest BCUT2D eigenvalue weighted by atomic mass is 32.2. The molecule has 0 spiro atoms. The molecule has 6 nitrogen and oxygen atoms in total. The van der Waals surface area contributed by atoms with Gasteiger partial charge in [-0.05, 0) is 25.8 Å². The van der Waals surface area contributed by atoms with Crippen LogP contribution in [0.4, 0.5) is 4.39 Å². The zero-order valence-corrected chi connectivity index (χ0v) is 17.7. The molecular weight excluding hydrogens is 406 g/mol. The average molecular weight is 430 g/mol. The molecule has 2 aromatic rings. The minimum atomic E-state index is -4.55. The molecule has 2 radical (unpaired) electrons. The molecule has 0 saturated carbocycles. The average Bonchev–Trinajstić information content (AvgIpc) is 2.69. The molecule has 0 aromatic heterocycles. The van der Waals surface area contributed by atoms with Crippen LogP contribution in [-0.4, -0.2) is 46.1 Å². The molecule has 30 heavy (non-hydrogen) atoms. The molecule has 1 fully saturated rings. The van der Waals surface area contributed by atoms with E-state index in [0.29, 0.717) is 6.42 Å². The van der Waals surface area contributed by atoms with Gasteiger partial charge in [-0.3, -0.25) is 0 Å². The normalized spacial score (nSPS) is 24.6. The number of amidine groups is 1. The Balaban J connectivity index is 1.91.